The van der Waals surface area contributed by atoms with Gasteiger partial charge in [-0.05, 0) is 50.1 Å². The maximum atomic E-state index is 11.9. The highest BCUT2D eigenvalue weighted by atomic mass is 16.3. The number of aliphatic hydroxyl groups excluding tert-OH is 1. The first-order chi connectivity index (χ1) is 10.4. The number of carbonyl (C=O) groups is 1. The van der Waals surface area contributed by atoms with Crippen LogP contribution in [0.3, 0.4) is 0 Å². The lowest BCUT2D eigenvalue weighted by Crippen LogP contribution is -2.51. The number of nitrogens with zero attached hydrogens (tertiary/aromatic N) is 1. The van der Waals surface area contributed by atoms with Crippen LogP contribution in [0.2, 0.25) is 0 Å². The van der Waals surface area contributed by atoms with Gasteiger partial charge in [0.05, 0.1) is 0 Å². The van der Waals surface area contributed by atoms with Gasteiger partial charge < -0.3 is 15.7 Å². The first-order valence-electron chi connectivity index (χ1n) is 8.80. The Morgan fingerprint density at radius 2 is 1.77 bits per heavy atom. The summed E-state index contributed by atoms with van der Waals surface area (Å²) >= 11 is 0. The molecule has 1 heterocycles. The second-order valence-corrected chi connectivity index (χ2v) is 7.24. The summed E-state index contributed by atoms with van der Waals surface area (Å²) in [4.78, 5) is 14.4. The number of nitrogens with one attached hydrogen (secondary N) is 2. The molecule has 3 N–H and O–H groups in total. The summed E-state index contributed by atoms with van der Waals surface area (Å²) in [7, 11) is 0. The smallest absolute Gasteiger partial charge is 0.314 e. The SMILES string of the molecule is CC1CCN(C(CNC(=O)NCC(C)CCO)C(C)C)CC1. The van der Waals surface area contributed by atoms with Crippen LogP contribution < -0.4 is 10.6 Å². The second kappa shape index (κ2) is 10.1. The molecule has 5 heteroatoms. The first-order valence-corrected chi connectivity index (χ1v) is 8.80. The zero-order valence-electron chi connectivity index (χ0n) is 14.8. The van der Waals surface area contributed by atoms with E-state index in [9.17, 15) is 4.79 Å². The van der Waals surface area contributed by atoms with E-state index in [-0.39, 0.29) is 12.6 Å². The van der Waals surface area contributed by atoms with Crippen molar-refractivity contribution in [3.63, 3.8) is 0 Å². The minimum absolute atomic E-state index is 0.0965. The first kappa shape index (κ1) is 19.2. The van der Waals surface area contributed by atoms with Crippen LogP contribution in [-0.2, 0) is 0 Å². The van der Waals surface area contributed by atoms with Gasteiger partial charge in [-0.3, -0.25) is 4.90 Å². The van der Waals surface area contributed by atoms with Crippen LogP contribution in [0.25, 0.3) is 0 Å². The summed E-state index contributed by atoms with van der Waals surface area (Å²) in [5, 5.41) is 14.8. The van der Waals surface area contributed by atoms with Crippen molar-refractivity contribution in [3.05, 3.63) is 0 Å². The van der Waals surface area contributed by atoms with E-state index in [1.54, 1.807) is 0 Å². The summed E-state index contributed by atoms with van der Waals surface area (Å²) in [5.41, 5.74) is 0. The number of hydrogen-bond donors (Lipinski definition) is 3. The zero-order chi connectivity index (χ0) is 16.5. The van der Waals surface area contributed by atoms with Gasteiger partial charge in [0.1, 0.15) is 0 Å². The molecule has 1 aliphatic rings. The molecule has 1 rings (SSSR count). The standard InChI is InChI=1S/C17H35N3O2/c1-13(2)16(20-8-5-14(3)6-9-20)12-19-17(22)18-11-15(4)7-10-21/h13-16,21H,5-12H2,1-4H3,(H2,18,19,22). The van der Waals surface area contributed by atoms with E-state index in [0.717, 1.165) is 25.4 Å². The Labute approximate surface area is 135 Å². The Morgan fingerprint density at radius 3 is 2.32 bits per heavy atom. The number of carbonyl (C=O) groups excluding carboxylic acids is 1. The number of amides is 2. The quantitative estimate of drug-likeness (QED) is 0.643. The molecular formula is C17H35N3O2. The molecule has 0 aromatic heterocycles. The predicted molar refractivity (Wildman–Crippen MR) is 90.9 cm³/mol. The Bertz CT molecular complexity index is 315. The van der Waals surface area contributed by atoms with Crippen LogP contribution in [0.1, 0.15) is 47.0 Å². The van der Waals surface area contributed by atoms with E-state index < -0.39 is 0 Å². The van der Waals surface area contributed by atoms with Gasteiger partial charge in [0.2, 0.25) is 0 Å². The van der Waals surface area contributed by atoms with Crippen molar-refractivity contribution in [3.8, 4) is 0 Å². The number of urea groups is 1. The number of aliphatic hydroxyl groups is 1. The van der Waals surface area contributed by atoms with Gasteiger partial charge in [0.15, 0.2) is 0 Å². The Morgan fingerprint density at radius 1 is 1.18 bits per heavy atom. The third-order valence-corrected chi connectivity index (χ3v) is 4.76. The minimum Gasteiger partial charge on any atom is -0.396 e. The molecule has 0 aromatic rings. The minimum atomic E-state index is -0.0965. The monoisotopic (exact) mass is 313 g/mol. The van der Waals surface area contributed by atoms with E-state index in [2.05, 4.69) is 36.3 Å². The summed E-state index contributed by atoms with van der Waals surface area (Å²) in [5.74, 6) is 1.66. The second-order valence-electron chi connectivity index (χ2n) is 7.24. The van der Waals surface area contributed by atoms with Crippen LogP contribution in [0.15, 0.2) is 0 Å². The number of rotatable bonds is 8. The van der Waals surface area contributed by atoms with Crippen molar-refractivity contribution in [2.75, 3.05) is 32.8 Å². The number of likely N-dealkylation sites (tertiary alicyclic amines) is 1. The molecule has 0 radical (unpaired) electrons. The van der Waals surface area contributed by atoms with Gasteiger partial charge >= 0.3 is 6.03 Å². The lowest BCUT2D eigenvalue weighted by molar-refractivity contribution is 0.108. The van der Waals surface area contributed by atoms with E-state index in [1.165, 1.54) is 12.8 Å². The molecule has 1 aliphatic heterocycles. The van der Waals surface area contributed by atoms with Crippen LogP contribution in [0.4, 0.5) is 4.79 Å². The van der Waals surface area contributed by atoms with Crippen molar-refractivity contribution >= 4 is 6.03 Å². The Kier molecular flexibility index (Phi) is 8.79. The van der Waals surface area contributed by atoms with Gasteiger partial charge in [-0.2, -0.15) is 0 Å². The molecule has 0 spiro atoms. The lowest BCUT2D eigenvalue weighted by atomic mass is 9.94. The molecule has 5 nitrogen and oxygen atoms in total. The van der Waals surface area contributed by atoms with E-state index in [0.29, 0.717) is 31.0 Å². The average Bonchev–Trinajstić information content (AvgIpc) is 2.47. The topological polar surface area (TPSA) is 64.6 Å². The van der Waals surface area contributed by atoms with Crippen LogP contribution in [0, 0.1) is 17.8 Å². The molecule has 130 valence electrons. The normalized spacial score (nSPS) is 19.9. The van der Waals surface area contributed by atoms with Crippen molar-refractivity contribution in [1.82, 2.24) is 15.5 Å². The maximum Gasteiger partial charge on any atom is 0.314 e. The fourth-order valence-corrected chi connectivity index (χ4v) is 3.00. The van der Waals surface area contributed by atoms with Crippen molar-refractivity contribution in [2.45, 2.75) is 53.0 Å². The highest BCUT2D eigenvalue weighted by molar-refractivity contribution is 5.73. The fourth-order valence-electron chi connectivity index (χ4n) is 3.00. The van der Waals surface area contributed by atoms with Crippen molar-refractivity contribution in [2.24, 2.45) is 17.8 Å². The number of piperidine rings is 1. The highest BCUT2D eigenvalue weighted by Gasteiger charge is 2.25. The molecule has 0 aliphatic carbocycles. The van der Waals surface area contributed by atoms with E-state index >= 15 is 0 Å². The maximum absolute atomic E-state index is 11.9. The molecule has 1 fully saturated rings. The van der Waals surface area contributed by atoms with E-state index in [4.69, 9.17) is 5.11 Å². The van der Waals surface area contributed by atoms with Crippen molar-refractivity contribution in [1.29, 1.82) is 0 Å². The van der Waals surface area contributed by atoms with Crippen LogP contribution >= 0.6 is 0 Å². The molecule has 0 bridgehead atoms. The predicted octanol–water partition coefficient (Wildman–Crippen LogP) is 2.06. The van der Waals surface area contributed by atoms with Crippen molar-refractivity contribution < 1.29 is 9.90 Å². The van der Waals surface area contributed by atoms with Gasteiger partial charge in [-0.25, -0.2) is 4.79 Å². The molecule has 2 atom stereocenters. The summed E-state index contributed by atoms with van der Waals surface area (Å²) < 4.78 is 0. The summed E-state index contributed by atoms with van der Waals surface area (Å²) in [6.45, 7) is 12.6. The number of hydrogen-bond acceptors (Lipinski definition) is 3. The zero-order valence-corrected chi connectivity index (χ0v) is 14.8. The molecule has 2 unspecified atom stereocenters. The van der Waals surface area contributed by atoms with Gasteiger partial charge in [-0.1, -0.05) is 27.7 Å². The molecule has 0 aromatic carbocycles. The Balaban J connectivity index is 2.33. The fraction of sp³-hybridized carbons (Fsp3) is 0.941. The Hall–Kier alpha value is -0.810. The molecule has 22 heavy (non-hydrogen) atoms. The molecule has 0 saturated carbocycles. The van der Waals surface area contributed by atoms with Crippen LogP contribution in [-0.4, -0.2) is 54.9 Å². The lowest BCUT2D eigenvalue weighted by Gasteiger charge is -2.38. The highest BCUT2D eigenvalue weighted by Crippen LogP contribution is 2.20. The van der Waals surface area contributed by atoms with Gasteiger partial charge in [-0.15, -0.1) is 0 Å². The molecule has 2 amide bonds. The average molecular weight is 313 g/mol. The van der Waals surface area contributed by atoms with E-state index in [1.807, 2.05) is 6.92 Å². The molecular weight excluding hydrogens is 278 g/mol. The summed E-state index contributed by atoms with van der Waals surface area (Å²) in [6, 6.07) is 0.314. The third kappa shape index (κ3) is 6.97. The third-order valence-electron chi connectivity index (χ3n) is 4.76. The van der Waals surface area contributed by atoms with Crippen LogP contribution in [0.5, 0.6) is 0 Å². The van der Waals surface area contributed by atoms with Gasteiger partial charge in [0.25, 0.3) is 0 Å². The molecule has 1 saturated heterocycles. The summed E-state index contributed by atoms with van der Waals surface area (Å²) in [6.07, 6.45) is 3.24. The largest absolute Gasteiger partial charge is 0.396 e. The van der Waals surface area contributed by atoms with Gasteiger partial charge in [0, 0.05) is 25.7 Å².